The molecule has 4 heteroatoms. The standard InChI is InChI=1S/C15H16BrNO2/c16-13-5-3-7-15(12(13)10-17)19-14-6-2-1-4-11(14)8-9-18/h1-7,18H,8-10,17H2. The van der Waals surface area contributed by atoms with Crippen molar-refractivity contribution in [1.82, 2.24) is 0 Å². The van der Waals surface area contributed by atoms with Crippen molar-refractivity contribution < 1.29 is 9.84 Å². The van der Waals surface area contributed by atoms with Gasteiger partial charge in [0.25, 0.3) is 0 Å². The summed E-state index contributed by atoms with van der Waals surface area (Å²) in [6.07, 6.45) is 0.572. The third-order valence-electron chi connectivity index (χ3n) is 2.85. The number of halogens is 1. The van der Waals surface area contributed by atoms with Crippen molar-refractivity contribution in [2.45, 2.75) is 13.0 Å². The number of aliphatic hydroxyl groups excluding tert-OH is 1. The fraction of sp³-hybridized carbons (Fsp3) is 0.200. The van der Waals surface area contributed by atoms with Gasteiger partial charge < -0.3 is 15.6 Å². The summed E-state index contributed by atoms with van der Waals surface area (Å²) in [5.41, 5.74) is 7.66. The van der Waals surface area contributed by atoms with Gasteiger partial charge in [-0.3, -0.25) is 0 Å². The molecular weight excluding hydrogens is 306 g/mol. The number of hydrogen-bond donors (Lipinski definition) is 2. The van der Waals surface area contributed by atoms with E-state index in [1.807, 2.05) is 42.5 Å². The van der Waals surface area contributed by atoms with Crippen molar-refractivity contribution in [2.24, 2.45) is 5.73 Å². The lowest BCUT2D eigenvalue weighted by Gasteiger charge is -2.14. The molecule has 0 bridgehead atoms. The lowest BCUT2D eigenvalue weighted by Crippen LogP contribution is -2.02. The van der Waals surface area contributed by atoms with Crippen molar-refractivity contribution in [1.29, 1.82) is 0 Å². The maximum Gasteiger partial charge on any atom is 0.133 e. The average Bonchev–Trinajstić information content (AvgIpc) is 2.41. The van der Waals surface area contributed by atoms with Gasteiger partial charge in [0.15, 0.2) is 0 Å². The van der Waals surface area contributed by atoms with Crippen molar-refractivity contribution >= 4 is 15.9 Å². The number of benzene rings is 2. The predicted molar refractivity (Wildman–Crippen MR) is 79.3 cm³/mol. The molecule has 19 heavy (non-hydrogen) atoms. The minimum atomic E-state index is 0.0998. The zero-order chi connectivity index (χ0) is 13.7. The van der Waals surface area contributed by atoms with E-state index in [-0.39, 0.29) is 6.61 Å². The molecule has 0 aromatic heterocycles. The van der Waals surface area contributed by atoms with Crippen LogP contribution in [0.3, 0.4) is 0 Å². The van der Waals surface area contributed by atoms with Crippen molar-refractivity contribution in [3.8, 4) is 11.5 Å². The molecule has 0 heterocycles. The first-order valence-corrected chi connectivity index (χ1v) is 6.89. The lowest BCUT2D eigenvalue weighted by molar-refractivity contribution is 0.298. The van der Waals surface area contributed by atoms with Crippen molar-refractivity contribution in [3.63, 3.8) is 0 Å². The van der Waals surface area contributed by atoms with Gasteiger partial charge in [-0.2, -0.15) is 0 Å². The first-order chi connectivity index (χ1) is 9.26. The maximum absolute atomic E-state index is 9.07. The van der Waals surface area contributed by atoms with Crippen LogP contribution in [-0.4, -0.2) is 11.7 Å². The van der Waals surface area contributed by atoms with Crippen LogP contribution < -0.4 is 10.5 Å². The van der Waals surface area contributed by atoms with Gasteiger partial charge in [0, 0.05) is 23.2 Å². The van der Waals surface area contributed by atoms with E-state index >= 15 is 0 Å². The summed E-state index contributed by atoms with van der Waals surface area (Å²) < 4.78 is 6.88. The van der Waals surface area contributed by atoms with Crippen LogP contribution in [-0.2, 0) is 13.0 Å². The van der Waals surface area contributed by atoms with Gasteiger partial charge in [-0.1, -0.05) is 40.2 Å². The zero-order valence-electron chi connectivity index (χ0n) is 10.5. The SMILES string of the molecule is NCc1c(Br)cccc1Oc1ccccc1CCO. The molecule has 0 unspecified atom stereocenters. The Morgan fingerprint density at radius 3 is 2.53 bits per heavy atom. The first-order valence-electron chi connectivity index (χ1n) is 6.10. The van der Waals surface area contributed by atoms with Crippen LogP contribution in [0.4, 0.5) is 0 Å². The van der Waals surface area contributed by atoms with Gasteiger partial charge in [0.1, 0.15) is 11.5 Å². The number of aliphatic hydroxyl groups is 1. The van der Waals surface area contributed by atoms with Gasteiger partial charge in [-0.05, 0) is 30.2 Å². The van der Waals surface area contributed by atoms with Gasteiger partial charge in [-0.25, -0.2) is 0 Å². The van der Waals surface area contributed by atoms with Crippen molar-refractivity contribution in [3.05, 3.63) is 58.1 Å². The Kier molecular flexibility index (Phi) is 4.96. The van der Waals surface area contributed by atoms with Gasteiger partial charge in [0.05, 0.1) is 0 Å². The third-order valence-corrected chi connectivity index (χ3v) is 3.60. The maximum atomic E-state index is 9.07. The topological polar surface area (TPSA) is 55.5 Å². The highest BCUT2D eigenvalue weighted by molar-refractivity contribution is 9.10. The molecule has 100 valence electrons. The zero-order valence-corrected chi connectivity index (χ0v) is 12.1. The molecule has 0 aliphatic carbocycles. The minimum absolute atomic E-state index is 0.0998. The highest BCUT2D eigenvalue weighted by atomic mass is 79.9. The van der Waals surface area contributed by atoms with E-state index < -0.39 is 0 Å². The summed E-state index contributed by atoms with van der Waals surface area (Å²) in [4.78, 5) is 0. The summed E-state index contributed by atoms with van der Waals surface area (Å²) in [6, 6.07) is 13.4. The summed E-state index contributed by atoms with van der Waals surface area (Å²) in [5.74, 6) is 1.49. The largest absolute Gasteiger partial charge is 0.457 e. The molecule has 0 fully saturated rings. The van der Waals surface area contributed by atoms with E-state index in [9.17, 15) is 0 Å². The highest BCUT2D eigenvalue weighted by Gasteiger charge is 2.09. The highest BCUT2D eigenvalue weighted by Crippen LogP contribution is 2.32. The van der Waals surface area contributed by atoms with Gasteiger partial charge in [-0.15, -0.1) is 0 Å². The van der Waals surface area contributed by atoms with Crippen LogP contribution in [0.25, 0.3) is 0 Å². The van der Waals surface area contributed by atoms with E-state index in [4.69, 9.17) is 15.6 Å². The minimum Gasteiger partial charge on any atom is -0.457 e. The molecule has 2 aromatic carbocycles. The molecule has 0 saturated heterocycles. The van der Waals surface area contributed by atoms with Crippen LogP contribution in [0.1, 0.15) is 11.1 Å². The molecule has 0 aliphatic rings. The summed E-state index contributed by atoms with van der Waals surface area (Å²) in [5, 5.41) is 9.07. The Morgan fingerprint density at radius 1 is 1.05 bits per heavy atom. The van der Waals surface area contributed by atoms with E-state index in [0.29, 0.717) is 13.0 Å². The fourth-order valence-corrected chi connectivity index (χ4v) is 2.39. The second kappa shape index (κ2) is 6.70. The molecule has 2 rings (SSSR count). The Bertz CT molecular complexity index is 558. The smallest absolute Gasteiger partial charge is 0.133 e. The number of rotatable bonds is 5. The van der Waals surface area contributed by atoms with Crippen LogP contribution in [0.2, 0.25) is 0 Å². The molecule has 0 radical (unpaired) electrons. The second-order valence-electron chi connectivity index (χ2n) is 4.10. The van der Waals surface area contributed by atoms with Crippen LogP contribution in [0.5, 0.6) is 11.5 Å². The second-order valence-corrected chi connectivity index (χ2v) is 4.96. The molecule has 0 spiro atoms. The Morgan fingerprint density at radius 2 is 1.79 bits per heavy atom. The van der Waals surface area contributed by atoms with Crippen LogP contribution >= 0.6 is 15.9 Å². The summed E-state index contributed by atoms with van der Waals surface area (Å²) in [7, 11) is 0. The van der Waals surface area contributed by atoms with E-state index in [2.05, 4.69) is 15.9 Å². The number of hydrogen-bond acceptors (Lipinski definition) is 3. The number of para-hydroxylation sites is 1. The monoisotopic (exact) mass is 321 g/mol. The Labute approximate surface area is 121 Å². The van der Waals surface area contributed by atoms with Crippen LogP contribution in [0, 0.1) is 0 Å². The molecule has 0 amide bonds. The van der Waals surface area contributed by atoms with E-state index in [1.165, 1.54) is 0 Å². The molecule has 2 aromatic rings. The summed E-state index contributed by atoms with van der Waals surface area (Å²) in [6.45, 7) is 0.502. The lowest BCUT2D eigenvalue weighted by atomic mass is 10.1. The van der Waals surface area contributed by atoms with Crippen molar-refractivity contribution in [2.75, 3.05) is 6.61 Å². The molecule has 0 atom stereocenters. The van der Waals surface area contributed by atoms with E-state index in [1.54, 1.807) is 0 Å². The first kappa shape index (κ1) is 14.1. The third kappa shape index (κ3) is 3.35. The normalized spacial score (nSPS) is 10.5. The fourth-order valence-electron chi connectivity index (χ4n) is 1.88. The molecule has 0 saturated carbocycles. The number of nitrogens with two attached hydrogens (primary N) is 1. The molecule has 3 nitrogen and oxygen atoms in total. The van der Waals surface area contributed by atoms with E-state index in [0.717, 1.165) is 27.1 Å². The van der Waals surface area contributed by atoms with Gasteiger partial charge in [0.2, 0.25) is 0 Å². The summed E-state index contributed by atoms with van der Waals surface area (Å²) >= 11 is 3.47. The molecular formula is C15H16BrNO2. The molecule has 0 aliphatic heterocycles. The Hall–Kier alpha value is -1.36. The average molecular weight is 322 g/mol. The Balaban J connectivity index is 2.33. The van der Waals surface area contributed by atoms with Gasteiger partial charge >= 0.3 is 0 Å². The quantitative estimate of drug-likeness (QED) is 0.888. The number of ether oxygens (including phenoxy) is 1. The predicted octanol–water partition coefficient (Wildman–Crippen LogP) is 3.23. The van der Waals surface area contributed by atoms with Crippen LogP contribution in [0.15, 0.2) is 46.9 Å². The molecule has 3 N–H and O–H groups in total.